The molecule has 7 saturated heterocycles. The number of hydrogen-bond acceptors (Lipinski definition) is 12. The van der Waals surface area contributed by atoms with Crippen molar-refractivity contribution in [3.8, 4) is 11.5 Å². The van der Waals surface area contributed by atoms with E-state index in [1.807, 2.05) is 0 Å². The molecule has 7 heterocycles. The molecule has 2 aromatic carbocycles. The van der Waals surface area contributed by atoms with Gasteiger partial charge in [0, 0.05) is 57.9 Å². The first-order chi connectivity index (χ1) is 22.2. The second kappa shape index (κ2) is 12.1. The van der Waals surface area contributed by atoms with Crippen LogP contribution in [0.15, 0.2) is 36.4 Å². The Hall–Kier alpha value is -2.84. The van der Waals surface area contributed by atoms with Crippen LogP contribution >= 0.6 is 0 Å². The largest absolute Gasteiger partial charge is 0.457 e. The van der Waals surface area contributed by atoms with E-state index >= 15 is 0 Å². The smallest absolute Gasteiger partial charge is 0.129 e. The monoisotopic (exact) mass is 622 g/mol. The van der Waals surface area contributed by atoms with Gasteiger partial charge < -0.3 is 57.9 Å². The lowest BCUT2D eigenvalue weighted by Gasteiger charge is -2.32. The highest BCUT2D eigenvalue weighted by molar-refractivity contribution is 5.75. The van der Waals surface area contributed by atoms with Gasteiger partial charge in [0.15, 0.2) is 0 Å². The zero-order chi connectivity index (χ0) is 29.7. The van der Waals surface area contributed by atoms with Crippen molar-refractivity contribution >= 4 is 22.7 Å². The molecule has 9 rings (SSSR count). The average Bonchev–Trinajstić information content (AvgIpc) is 3.84. The number of hydrogen-bond donors (Lipinski definition) is 1. The number of nitrogens with one attached hydrogen (secondary N) is 1. The summed E-state index contributed by atoms with van der Waals surface area (Å²) < 4.78 is 46.0. The van der Waals surface area contributed by atoms with Crippen molar-refractivity contribution in [1.29, 1.82) is 0 Å². The Labute approximate surface area is 263 Å². The Morgan fingerprint density at radius 3 is 1.31 bits per heavy atom. The lowest BCUT2D eigenvalue weighted by atomic mass is 10.1. The molecule has 12 nitrogen and oxygen atoms in total. The van der Waals surface area contributed by atoms with Crippen LogP contribution in [0.2, 0.25) is 0 Å². The highest BCUT2D eigenvalue weighted by atomic mass is 16.6. The molecule has 242 valence electrons. The van der Waals surface area contributed by atoms with Gasteiger partial charge in [-0.2, -0.15) is 0 Å². The number of epoxide rings is 7. The second-order valence-electron chi connectivity index (χ2n) is 13.2. The summed E-state index contributed by atoms with van der Waals surface area (Å²) in [5.74, 6) is 1.57. The molecule has 12 heteroatoms. The molecule has 7 atom stereocenters. The third-order valence-corrected chi connectivity index (χ3v) is 9.05. The number of anilines is 4. The summed E-state index contributed by atoms with van der Waals surface area (Å²) in [7, 11) is 0. The first kappa shape index (κ1) is 28.4. The topological polar surface area (TPSA) is 119 Å². The Balaban J connectivity index is 1.01. The molecule has 0 saturated carbocycles. The molecule has 0 bridgehead atoms. The predicted molar refractivity (Wildman–Crippen MR) is 166 cm³/mol. The summed E-state index contributed by atoms with van der Waals surface area (Å²) >= 11 is 0. The van der Waals surface area contributed by atoms with Crippen LogP contribution in [-0.4, -0.2) is 135 Å². The van der Waals surface area contributed by atoms with Crippen LogP contribution in [0.4, 0.5) is 22.7 Å². The van der Waals surface area contributed by atoms with E-state index < -0.39 is 0 Å². The molecule has 7 aliphatic rings. The van der Waals surface area contributed by atoms with E-state index in [0.29, 0.717) is 0 Å². The lowest BCUT2D eigenvalue weighted by molar-refractivity contribution is 0.386. The van der Waals surface area contributed by atoms with E-state index in [1.54, 1.807) is 0 Å². The maximum absolute atomic E-state index is 6.62. The van der Waals surface area contributed by atoms with E-state index in [9.17, 15) is 0 Å². The normalized spacial score (nSPS) is 31.2. The fourth-order valence-electron chi connectivity index (χ4n) is 5.96. The van der Waals surface area contributed by atoms with Crippen LogP contribution in [0.3, 0.4) is 0 Å². The maximum atomic E-state index is 6.62. The van der Waals surface area contributed by atoms with Crippen molar-refractivity contribution < 1.29 is 37.9 Å². The first-order valence-corrected chi connectivity index (χ1v) is 16.4. The molecule has 0 radical (unpaired) electrons. The summed E-state index contributed by atoms with van der Waals surface area (Å²) in [6.07, 6.45) is 1.83. The minimum Gasteiger partial charge on any atom is -0.457 e. The Morgan fingerprint density at radius 2 is 0.867 bits per heavy atom. The zero-order valence-corrected chi connectivity index (χ0v) is 25.5. The maximum Gasteiger partial charge on any atom is 0.129 e. The van der Waals surface area contributed by atoms with Crippen LogP contribution in [-0.2, 0) is 33.2 Å². The molecular formula is C33H42N4O8. The molecular weight excluding hydrogens is 580 g/mol. The van der Waals surface area contributed by atoms with E-state index in [1.165, 1.54) is 0 Å². The highest BCUT2D eigenvalue weighted by Gasteiger charge is 2.36. The van der Waals surface area contributed by atoms with Crippen LogP contribution in [0.5, 0.6) is 11.5 Å². The zero-order valence-electron chi connectivity index (χ0n) is 25.5. The molecule has 0 amide bonds. The van der Waals surface area contributed by atoms with Crippen molar-refractivity contribution in [3.05, 3.63) is 36.4 Å². The molecule has 1 N–H and O–H groups in total. The van der Waals surface area contributed by atoms with E-state index in [2.05, 4.69) is 56.4 Å². The minimum absolute atomic E-state index is 0.245. The van der Waals surface area contributed by atoms with Crippen LogP contribution in [0, 0.1) is 0 Å². The quantitative estimate of drug-likeness (QED) is 0.218. The Bertz CT molecular complexity index is 1310. The van der Waals surface area contributed by atoms with Gasteiger partial charge in [0.1, 0.15) is 11.5 Å². The summed E-state index contributed by atoms with van der Waals surface area (Å²) in [4.78, 5) is 7.21. The second-order valence-corrected chi connectivity index (χ2v) is 13.2. The van der Waals surface area contributed by atoms with Gasteiger partial charge in [0.05, 0.1) is 112 Å². The molecule has 7 unspecified atom stereocenters. The number of nitrogens with zero attached hydrogens (tertiary/aromatic N) is 3. The van der Waals surface area contributed by atoms with Gasteiger partial charge in [-0.25, -0.2) is 0 Å². The van der Waals surface area contributed by atoms with E-state index in [4.69, 9.17) is 37.9 Å². The van der Waals surface area contributed by atoms with E-state index in [-0.39, 0.29) is 42.7 Å². The highest BCUT2D eigenvalue weighted by Crippen LogP contribution is 2.40. The Kier molecular flexibility index (Phi) is 7.61. The first-order valence-electron chi connectivity index (χ1n) is 16.4. The van der Waals surface area contributed by atoms with Gasteiger partial charge in [0.2, 0.25) is 0 Å². The van der Waals surface area contributed by atoms with Crippen molar-refractivity contribution in [2.24, 2.45) is 0 Å². The third kappa shape index (κ3) is 7.94. The lowest BCUT2D eigenvalue weighted by Crippen LogP contribution is -2.36. The number of benzene rings is 2. The molecule has 0 aliphatic carbocycles. The molecule has 45 heavy (non-hydrogen) atoms. The third-order valence-electron chi connectivity index (χ3n) is 9.05. The number of rotatable bonds is 20. The molecule has 7 fully saturated rings. The van der Waals surface area contributed by atoms with Gasteiger partial charge in [-0.1, -0.05) is 0 Å². The average molecular weight is 623 g/mol. The molecule has 2 aromatic rings. The predicted octanol–water partition coefficient (Wildman–Crippen LogP) is 2.10. The van der Waals surface area contributed by atoms with Crippen molar-refractivity contribution in [2.45, 2.75) is 42.7 Å². The SMILES string of the molecule is c1cc(N(CC2CO2)CC2CO2)c(NCC2CO2)cc1Oc1ccc(N(CC2CO2)CC2CO2)c(N(CC2CO2)CC2CO2)c1. The van der Waals surface area contributed by atoms with Gasteiger partial charge in [-0.05, 0) is 24.3 Å². The van der Waals surface area contributed by atoms with Crippen molar-refractivity contribution in [3.63, 3.8) is 0 Å². The minimum atomic E-state index is 0.245. The standard InChI is InChI=1S/C33H42N4O8/c1-3-31(35(8-24-15-39-24)9-25-16-40-25)30(34-7-23-14-38-23)5-21(1)45-22-2-4-32(36(10-26-17-41-26)11-27-18-42-27)33(6-22)37(12-28-19-43-28)13-29-20-44-29/h1-6,23-29,34H,7-20H2. The van der Waals surface area contributed by atoms with Crippen molar-refractivity contribution in [1.82, 2.24) is 0 Å². The van der Waals surface area contributed by atoms with Gasteiger partial charge in [-0.15, -0.1) is 0 Å². The van der Waals surface area contributed by atoms with Gasteiger partial charge in [-0.3, -0.25) is 0 Å². The summed E-state index contributed by atoms with van der Waals surface area (Å²) in [5, 5.41) is 3.63. The van der Waals surface area contributed by atoms with Crippen LogP contribution in [0.1, 0.15) is 0 Å². The molecule has 0 spiro atoms. The van der Waals surface area contributed by atoms with Crippen LogP contribution < -0.4 is 24.8 Å². The van der Waals surface area contributed by atoms with Gasteiger partial charge >= 0.3 is 0 Å². The van der Waals surface area contributed by atoms with E-state index in [0.717, 1.165) is 126 Å². The summed E-state index contributed by atoms with van der Waals surface area (Å²) in [6, 6.07) is 12.8. The van der Waals surface area contributed by atoms with Crippen molar-refractivity contribution in [2.75, 3.05) is 112 Å². The summed E-state index contributed by atoms with van der Waals surface area (Å²) in [5.41, 5.74) is 4.45. The number of ether oxygens (including phenoxy) is 8. The summed E-state index contributed by atoms with van der Waals surface area (Å²) in [6.45, 7) is 11.4. The van der Waals surface area contributed by atoms with Gasteiger partial charge in [0.25, 0.3) is 0 Å². The fraction of sp³-hybridized carbons (Fsp3) is 0.636. The molecule has 0 aromatic heterocycles. The Morgan fingerprint density at radius 1 is 0.489 bits per heavy atom. The van der Waals surface area contributed by atoms with Crippen LogP contribution in [0.25, 0.3) is 0 Å². The molecule has 7 aliphatic heterocycles. The fourth-order valence-corrected chi connectivity index (χ4v) is 5.96.